The van der Waals surface area contributed by atoms with E-state index in [1.807, 2.05) is 0 Å². The zero-order valence-electron chi connectivity index (χ0n) is 9.38. The second kappa shape index (κ2) is 6.48. The summed E-state index contributed by atoms with van der Waals surface area (Å²) in [6.45, 7) is 0. The third kappa shape index (κ3) is 4.73. The minimum Gasteiger partial charge on any atom is -1.00 e. The van der Waals surface area contributed by atoms with Crippen LogP contribution in [0.4, 0.5) is 4.79 Å². The Labute approximate surface area is 121 Å². The fraction of sp³-hybridized carbons (Fsp3) is 0. The molecule has 0 fully saturated rings. The van der Waals surface area contributed by atoms with Crippen LogP contribution in [0.2, 0.25) is 0 Å². The fourth-order valence-electron chi connectivity index (χ4n) is 0.853. The van der Waals surface area contributed by atoms with Gasteiger partial charge in [0.25, 0.3) is 10.1 Å². The normalized spacial score (nSPS) is 10.3. The summed E-state index contributed by atoms with van der Waals surface area (Å²) < 4.78 is 32.8. The van der Waals surface area contributed by atoms with Gasteiger partial charge >= 0.3 is 35.6 Å². The molecule has 0 unspecified atom stereocenters. The Hall–Kier alpha value is -0.250. The number of nitrogens with two attached hydrogens (primary N) is 1. The van der Waals surface area contributed by atoms with E-state index < -0.39 is 16.1 Å². The van der Waals surface area contributed by atoms with Gasteiger partial charge in [0, 0.05) is 4.90 Å². The average molecular weight is 272 g/mol. The summed E-state index contributed by atoms with van der Waals surface area (Å²) in [5.74, 6) is 0. The maximum absolute atomic E-state index is 10.9. The van der Waals surface area contributed by atoms with Crippen molar-refractivity contribution < 1.29 is 48.7 Å². The SMILES string of the molecule is NC(=O)NSc1ccccc1S(=O)(=O)O.[H-].[Na+]. The van der Waals surface area contributed by atoms with E-state index in [0.717, 1.165) is 11.9 Å². The molecule has 2 amide bonds. The van der Waals surface area contributed by atoms with Gasteiger partial charge in [-0.3, -0.25) is 9.27 Å². The van der Waals surface area contributed by atoms with Gasteiger partial charge in [-0.2, -0.15) is 8.42 Å². The van der Waals surface area contributed by atoms with Gasteiger partial charge in [-0.05, 0) is 24.1 Å². The molecule has 4 N–H and O–H groups in total. The molecule has 0 radical (unpaired) electrons. The second-order valence-corrected chi connectivity index (χ2v) is 4.73. The molecular weight excluding hydrogens is 263 g/mol. The summed E-state index contributed by atoms with van der Waals surface area (Å²) in [5, 5.41) is 0. The van der Waals surface area contributed by atoms with Gasteiger partial charge in [0.1, 0.15) is 4.90 Å². The van der Waals surface area contributed by atoms with Gasteiger partial charge in [-0.15, -0.1) is 0 Å². The Morgan fingerprint density at radius 3 is 2.50 bits per heavy atom. The largest absolute Gasteiger partial charge is 1.00 e. The first-order chi connectivity index (χ1) is 6.91. The first-order valence-electron chi connectivity index (χ1n) is 3.70. The fourth-order valence-corrected chi connectivity index (χ4v) is 2.39. The number of urea groups is 1. The van der Waals surface area contributed by atoms with Crippen LogP contribution in [0, 0.1) is 0 Å². The van der Waals surface area contributed by atoms with Gasteiger partial charge in [-0.25, -0.2) is 4.79 Å². The van der Waals surface area contributed by atoms with Crippen molar-refractivity contribution in [3.8, 4) is 0 Å². The predicted octanol–water partition coefficient (Wildman–Crippen LogP) is -2.27. The van der Waals surface area contributed by atoms with Crippen LogP contribution in [-0.2, 0) is 10.1 Å². The Bertz CT molecular complexity index is 483. The first-order valence-corrected chi connectivity index (χ1v) is 5.95. The van der Waals surface area contributed by atoms with Gasteiger partial charge < -0.3 is 7.16 Å². The number of carbonyl (C=O) groups excluding carboxylic acids is 1. The summed E-state index contributed by atoms with van der Waals surface area (Å²) >= 11 is 0.718. The van der Waals surface area contributed by atoms with E-state index in [4.69, 9.17) is 10.3 Å². The molecule has 0 aliphatic rings. The molecule has 6 nitrogen and oxygen atoms in total. The molecule has 0 saturated heterocycles. The zero-order valence-corrected chi connectivity index (χ0v) is 12.0. The molecule has 0 aliphatic heterocycles. The molecule has 16 heavy (non-hydrogen) atoms. The summed E-state index contributed by atoms with van der Waals surface area (Å²) in [6.07, 6.45) is 0. The molecule has 0 heterocycles. The monoisotopic (exact) mass is 272 g/mol. The number of hydrogen-bond donors (Lipinski definition) is 3. The molecule has 84 valence electrons. The maximum atomic E-state index is 10.9. The Kier molecular flexibility index (Phi) is 6.38. The van der Waals surface area contributed by atoms with Crippen LogP contribution in [0.3, 0.4) is 0 Å². The standard InChI is InChI=1S/C7H8N2O4S2.Na.H/c8-7(10)9-14-5-3-1-2-4-6(5)15(11,12)13;;/h1-4H,(H3,8,9,10)(H,11,12,13);;/q;+1;-1. The van der Waals surface area contributed by atoms with Crippen molar-refractivity contribution in [1.82, 2.24) is 4.72 Å². The van der Waals surface area contributed by atoms with E-state index in [1.54, 1.807) is 6.07 Å². The van der Waals surface area contributed by atoms with Crippen LogP contribution in [-0.4, -0.2) is 19.0 Å². The number of primary amides is 1. The zero-order chi connectivity index (χ0) is 11.5. The van der Waals surface area contributed by atoms with Crippen LogP contribution < -0.4 is 40.0 Å². The molecular formula is C7H9N2NaO4S2. The second-order valence-electron chi connectivity index (χ2n) is 2.49. The quantitative estimate of drug-likeness (QED) is 0.326. The molecule has 9 heteroatoms. The van der Waals surface area contributed by atoms with Crippen molar-refractivity contribution in [2.24, 2.45) is 5.73 Å². The molecule has 0 aliphatic carbocycles. The van der Waals surface area contributed by atoms with Crippen molar-refractivity contribution in [3.05, 3.63) is 24.3 Å². The molecule has 1 rings (SSSR count). The summed E-state index contributed by atoms with van der Waals surface area (Å²) in [7, 11) is -4.29. The number of hydrogen-bond acceptors (Lipinski definition) is 4. The Balaban J connectivity index is 0. The first kappa shape index (κ1) is 15.8. The van der Waals surface area contributed by atoms with Crippen LogP contribution in [0.1, 0.15) is 1.43 Å². The van der Waals surface area contributed by atoms with Crippen molar-refractivity contribution in [1.29, 1.82) is 0 Å². The minimum atomic E-state index is -4.29. The van der Waals surface area contributed by atoms with Gasteiger partial charge in [-0.1, -0.05) is 12.1 Å². The van der Waals surface area contributed by atoms with Crippen LogP contribution in [0.15, 0.2) is 34.1 Å². The van der Waals surface area contributed by atoms with Crippen LogP contribution in [0.5, 0.6) is 0 Å². The third-order valence-corrected chi connectivity index (χ3v) is 3.31. The number of benzene rings is 1. The van der Waals surface area contributed by atoms with Crippen LogP contribution >= 0.6 is 11.9 Å². The van der Waals surface area contributed by atoms with Crippen LogP contribution in [0.25, 0.3) is 0 Å². The number of nitrogens with one attached hydrogen (secondary N) is 1. The molecule has 0 aromatic heterocycles. The summed E-state index contributed by atoms with van der Waals surface area (Å²) in [6, 6.07) is 4.88. The molecule has 1 aromatic carbocycles. The van der Waals surface area contributed by atoms with E-state index in [-0.39, 0.29) is 40.8 Å². The number of rotatable bonds is 3. The van der Waals surface area contributed by atoms with E-state index in [9.17, 15) is 13.2 Å². The molecule has 0 spiro atoms. The predicted molar refractivity (Wildman–Crippen MR) is 55.9 cm³/mol. The summed E-state index contributed by atoms with van der Waals surface area (Å²) in [4.78, 5) is 10.3. The molecule has 0 bridgehead atoms. The van der Waals surface area contributed by atoms with Gasteiger partial charge in [0.2, 0.25) is 0 Å². The van der Waals surface area contributed by atoms with Crippen molar-refractivity contribution in [3.63, 3.8) is 0 Å². The van der Waals surface area contributed by atoms with E-state index in [2.05, 4.69) is 4.72 Å². The molecule has 0 saturated carbocycles. The molecule has 1 aromatic rings. The topological polar surface area (TPSA) is 109 Å². The smallest absolute Gasteiger partial charge is 1.00 e. The maximum Gasteiger partial charge on any atom is 1.00 e. The van der Waals surface area contributed by atoms with Crippen molar-refractivity contribution in [2.75, 3.05) is 0 Å². The Morgan fingerprint density at radius 2 is 2.00 bits per heavy atom. The van der Waals surface area contributed by atoms with Crippen molar-refractivity contribution >= 4 is 28.1 Å². The minimum absolute atomic E-state index is 0. The Morgan fingerprint density at radius 1 is 1.44 bits per heavy atom. The summed E-state index contributed by atoms with van der Waals surface area (Å²) in [5.41, 5.74) is 4.82. The van der Waals surface area contributed by atoms with E-state index in [1.165, 1.54) is 18.2 Å². The third-order valence-electron chi connectivity index (χ3n) is 1.39. The number of carbonyl (C=O) groups is 1. The average Bonchev–Trinajstić information content (AvgIpc) is 2.13. The van der Waals surface area contributed by atoms with Gasteiger partial charge in [0.05, 0.1) is 0 Å². The molecule has 0 atom stereocenters. The van der Waals surface area contributed by atoms with Gasteiger partial charge in [0.15, 0.2) is 0 Å². The number of amides is 2. The van der Waals surface area contributed by atoms with E-state index >= 15 is 0 Å². The van der Waals surface area contributed by atoms with E-state index in [0.29, 0.717) is 0 Å². The van der Waals surface area contributed by atoms with Crippen molar-refractivity contribution in [2.45, 2.75) is 9.79 Å².